The zero-order valence-corrected chi connectivity index (χ0v) is 21.1. The number of anilines is 1. The van der Waals surface area contributed by atoms with E-state index in [-0.39, 0.29) is 30.4 Å². The van der Waals surface area contributed by atoms with Gasteiger partial charge in [-0.25, -0.2) is 0 Å². The van der Waals surface area contributed by atoms with E-state index in [4.69, 9.17) is 27.3 Å². The van der Waals surface area contributed by atoms with Gasteiger partial charge in [0.05, 0.1) is 11.6 Å². The summed E-state index contributed by atoms with van der Waals surface area (Å²) in [7, 11) is 0. The lowest BCUT2D eigenvalue weighted by Gasteiger charge is -2.32. The van der Waals surface area contributed by atoms with Crippen LogP contribution in [0.4, 0.5) is 5.69 Å². The maximum absolute atomic E-state index is 13.4. The molecule has 0 unspecified atom stereocenters. The highest BCUT2D eigenvalue weighted by atomic mass is 35.5. The number of para-hydroxylation sites is 1. The smallest absolute Gasteiger partial charge is 0.262 e. The number of hydrogen-bond donors (Lipinski definition) is 2. The molecule has 0 saturated heterocycles. The minimum atomic E-state index is -0.338. The zero-order valence-electron chi connectivity index (χ0n) is 20.3. The molecule has 0 aliphatic heterocycles. The van der Waals surface area contributed by atoms with Crippen LogP contribution in [0.3, 0.4) is 0 Å². The van der Waals surface area contributed by atoms with Crippen molar-refractivity contribution >= 4 is 29.1 Å². The third-order valence-corrected chi connectivity index (χ3v) is 5.89. The SMILES string of the molecule is CC(C)(CN)CN(Cc1cc(NC(=O)COc2ccccc2)ccc1Cl)C(=O)c1ccc(C#N)cc1. The van der Waals surface area contributed by atoms with E-state index in [1.54, 1.807) is 59.5 Å². The molecule has 36 heavy (non-hydrogen) atoms. The summed E-state index contributed by atoms with van der Waals surface area (Å²) in [4.78, 5) is 27.5. The Hall–Kier alpha value is -3.86. The summed E-state index contributed by atoms with van der Waals surface area (Å²) >= 11 is 6.48. The number of nitriles is 1. The number of carbonyl (C=O) groups excluding carboxylic acids is 2. The highest BCUT2D eigenvalue weighted by molar-refractivity contribution is 6.31. The van der Waals surface area contributed by atoms with Crippen molar-refractivity contribution in [2.24, 2.45) is 11.1 Å². The average Bonchev–Trinajstić information content (AvgIpc) is 2.89. The van der Waals surface area contributed by atoms with Gasteiger partial charge in [-0.2, -0.15) is 5.26 Å². The zero-order chi connectivity index (χ0) is 26.1. The van der Waals surface area contributed by atoms with E-state index in [9.17, 15) is 9.59 Å². The molecule has 186 valence electrons. The fourth-order valence-electron chi connectivity index (χ4n) is 3.49. The normalized spacial score (nSPS) is 10.9. The van der Waals surface area contributed by atoms with Crippen LogP contribution in [-0.4, -0.2) is 36.4 Å². The molecule has 0 spiro atoms. The Kier molecular flexibility index (Phi) is 9.07. The fourth-order valence-corrected chi connectivity index (χ4v) is 3.67. The minimum absolute atomic E-state index is 0.143. The van der Waals surface area contributed by atoms with Gasteiger partial charge in [0, 0.05) is 29.4 Å². The van der Waals surface area contributed by atoms with Gasteiger partial charge in [0.25, 0.3) is 11.8 Å². The molecule has 0 aliphatic rings. The molecular weight excluding hydrogens is 476 g/mol. The quantitative estimate of drug-likeness (QED) is 0.410. The van der Waals surface area contributed by atoms with Gasteiger partial charge in [-0.15, -0.1) is 0 Å². The third-order valence-electron chi connectivity index (χ3n) is 5.52. The van der Waals surface area contributed by atoms with E-state index in [0.29, 0.717) is 46.2 Å². The standard InChI is InChI=1S/C28H29ClN4O3/c1-28(2,18-31)19-33(27(35)21-10-8-20(15-30)9-11-21)16-22-14-23(12-13-25(22)29)32-26(34)17-36-24-6-4-3-5-7-24/h3-14H,16-19,31H2,1-2H3,(H,32,34). The molecule has 0 bridgehead atoms. The molecule has 0 aromatic heterocycles. The van der Waals surface area contributed by atoms with Crippen molar-refractivity contribution in [1.82, 2.24) is 4.90 Å². The molecule has 0 radical (unpaired) electrons. The first-order chi connectivity index (χ1) is 17.2. The maximum Gasteiger partial charge on any atom is 0.262 e. The molecule has 3 rings (SSSR count). The molecule has 0 saturated carbocycles. The number of hydrogen-bond acceptors (Lipinski definition) is 5. The van der Waals surface area contributed by atoms with Crippen LogP contribution in [-0.2, 0) is 11.3 Å². The van der Waals surface area contributed by atoms with Crippen LogP contribution < -0.4 is 15.8 Å². The molecule has 8 heteroatoms. The van der Waals surface area contributed by atoms with Crippen molar-refractivity contribution in [3.63, 3.8) is 0 Å². The molecule has 7 nitrogen and oxygen atoms in total. The largest absolute Gasteiger partial charge is 0.484 e. The summed E-state index contributed by atoms with van der Waals surface area (Å²) in [6.07, 6.45) is 0. The second-order valence-corrected chi connectivity index (χ2v) is 9.58. The van der Waals surface area contributed by atoms with Gasteiger partial charge >= 0.3 is 0 Å². The Morgan fingerprint density at radius 3 is 2.42 bits per heavy atom. The van der Waals surface area contributed by atoms with Gasteiger partial charge in [0.2, 0.25) is 0 Å². The highest BCUT2D eigenvalue weighted by Gasteiger charge is 2.25. The Labute approximate surface area is 216 Å². The maximum atomic E-state index is 13.4. The van der Waals surface area contributed by atoms with Crippen molar-refractivity contribution in [2.45, 2.75) is 20.4 Å². The Morgan fingerprint density at radius 1 is 1.08 bits per heavy atom. The summed E-state index contributed by atoms with van der Waals surface area (Å²) in [6.45, 7) is 4.81. The van der Waals surface area contributed by atoms with E-state index in [1.165, 1.54) is 0 Å². The van der Waals surface area contributed by atoms with Gasteiger partial charge in [-0.1, -0.05) is 43.6 Å². The van der Waals surface area contributed by atoms with Crippen molar-refractivity contribution in [2.75, 3.05) is 25.0 Å². The predicted octanol–water partition coefficient (Wildman–Crippen LogP) is 4.86. The molecule has 3 aromatic rings. The Balaban J connectivity index is 1.77. The summed E-state index contributed by atoms with van der Waals surface area (Å²) in [5, 5.41) is 12.3. The van der Waals surface area contributed by atoms with Crippen LogP contribution in [0.25, 0.3) is 0 Å². The van der Waals surface area contributed by atoms with Crippen LogP contribution in [0, 0.1) is 16.7 Å². The second kappa shape index (κ2) is 12.2. The van der Waals surface area contributed by atoms with E-state index in [0.717, 1.165) is 0 Å². The summed E-state index contributed by atoms with van der Waals surface area (Å²) in [5.41, 5.74) is 7.76. The molecule has 0 atom stereocenters. The van der Waals surface area contributed by atoms with Gasteiger partial charge in [-0.3, -0.25) is 9.59 Å². The number of amides is 2. The van der Waals surface area contributed by atoms with Crippen molar-refractivity contribution in [3.8, 4) is 11.8 Å². The Morgan fingerprint density at radius 2 is 1.78 bits per heavy atom. The lowest BCUT2D eigenvalue weighted by molar-refractivity contribution is -0.118. The van der Waals surface area contributed by atoms with Gasteiger partial charge in [-0.05, 0) is 72.1 Å². The lowest BCUT2D eigenvalue weighted by Crippen LogP contribution is -2.41. The average molecular weight is 505 g/mol. The number of nitrogens with one attached hydrogen (secondary N) is 1. The van der Waals surface area contributed by atoms with Gasteiger partial charge in [0.15, 0.2) is 6.61 Å². The lowest BCUT2D eigenvalue weighted by atomic mass is 9.92. The number of halogens is 1. The van der Waals surface area contributed by atoms with Gasteiger partial charge in [0.1, 0.15) is 5.75 Å². The second-order valence-electron chi connectivity index (χ2n) is 9.17. The third kappa shape index (κ3) is 7.57. The predicted molar refractivity (Wildman–Crippen MR) is 141 cm³/mol. The summed E-state index contributed by atoms with van der Waals surface area (Å²) in [5.74, 6) is 0.0774. The first kappa shape index (κ1) is 26.7. The first-order valence-electron chi connectivity index (χ1n) is 11.5. The van der Waals surface area contributed by atoms with Crippen molar-refractivity contribution < 1.29 is 14.3 Å². The van der Waals surface area contributed by atoms with Crippen LogP contribution in [0.2, 0.25) is 5.02 Å². The number of rotatable bonds is 10. The van der Waals surface area contributed by atoms with E-state index in [2.05, 4.69) is 11.4 Å². The molecule has 0 aliphatic carbocycles. The van der Waals surface area contributed by atoms with Crippen LogP contribution in [0.5, 0.6) is 5.75 Å². The molecule has 2 amide bonds. The molecule has 3 N–H and O–H groups in total. The molecular formula is C28H29ClN4O3. The fraction of sp³-hybridized carbons (Fsp3) is 0.250. The van der Waals surface area contributed by atoms with Crippen molar-refractivity contribution in [3.05, 3.63) is 94.5 Å². The topological polar surface area (TPSA) is 108 Å². The molecule has 3 aromatic carbocycles. The molecule has 0 fully saturated rings. The first-order valence-corrected chi connectivity index (χ1v) is 11.8. The monoisotopic (exact) mass is 504 g/mol. The highest BCUT2D eigenvalue weighted by Crippen LogP contribution is 2.25. The minimum Gasteiger partial charge on any atom is -0.484 e. The summed E-state index contributed by atoms with van der Waals surface area (Å²) in [6, 6.07) is 22.7. The Bertz CT molecular complexity index is 1240. The van der Waals surface area contributed by atoms with Crippen LogP contribution >= 0.6 is 11.6 Å². The molecule has 0 heterocycles. The number of ether oxygens (including phenoxy) is 1. The van der Waals surface area contributed by atoms with Gasteiger partial charge < -0.3 is 20.7 Å². The number of nitrogens with zero attached hydrogens (tertiary/aromatic N) is 2. The van der Waals surface area contributed by atoms with Crippen molar-refractivity contribution in [1.29, 1.82) is 5.26 Å². The van der Waals surface area contributed by atoms with Crippen LogP contribution in [0.15, 0.2) is 72.8 Å². The summed E-state index contributed by atoms with van der Waals surface area (Å²) < 4.78 is 5.50. The van der Waals surface area contributed by atoms with E-state index in [1.807, 2.05) is 32.0 Å². The number of nitrogens with two attached hydrogens (primary N) is 1. The van der Waals surface area contributed by atoms with E-state index < -0.39 is 0 Å². The number of carbonyl (C=O) groups is 2. The number of benzene rings is 3. The van der Waals surface area contributed by atoms with Crippen LogP contribution in [0.1, 0.15) is 35.3 Å². The van der Waals surface area contributed by atoms with E-state index >= 15 is 0 Å².